The third-order valence-corrected chi connectivity index (χ3v) is 3.66. The first-order valence-corrected chi connectivity index (χ1v) is 7.62. The van der Waals surface area contributed by atoms with Crippen LogP contribution in [-0.4, -0.2) is 6.54 Å². The number of benzene rings is 2. The third kappa shape index (κ3) is 4.33. The monoisotopic (exact) mass is 283 g/mol. The minimum Gasteiger partial charge on any atom is -0.489 e. The molecule has 2 aromatic rings. The van der Waals surface area contributed by atoms with Crippen molar-refractivity contribution < 1.29 is 4.74 Å². The molecule has 0 saturated heterocycles. The molecule has 0 heterocycles. The molecule has 112 valence electrons. The van der Waals surface area contributed by atoms with Crippen LogP contribution in [0.5, 0.6) is 5.75 Å². The van der Waals surface area contributed by atoms with Gasteiger partial charge in [0.1, 0.15) is 12.4 Å². The molecule has 2 heteroatoms. The molecule has 2 nitrogen and oxygen atoms in total. The summed E-state index contributed by atoms with van der Waals surface area (Å²) in [5, 5.41) is 3.45. The van der Waals surface area contributed by atoms with E-state index >= 15 is 0 Å². The smallest absolute Gasteiger partial charge is 0.124 e. The maximum Gasteiger partial charge on any atom is 0.124 e. The largest absolute Gasteiger partial charge is 0.489 e. The number of hydrogen-bond donors (Lipinski definition) is 1. The number of nitrogens with one attached hydrogen (secondary N) is 1. The summed E-state index contributed by atoms with van der Waals surface area (Å²) >= 11 is 0. The highest BCUT2D eigenvalue weighted by Crippen LogP contribution is 2.27. The van der Waals surface area contributed by atoms with Crippen LogP contribution in [0.2, 0.25) is 0 Å². The van der Waals surface area contributed by atoms with Gasteiger partial charge < -0.3 is 10.1 Å². The fourth-order valence-corrected chi connectivity index (χ4v) is 2.39. The van der Waals surface area contributed by atoms with E-state index in [4.69, 9.17) is 4.74 Å². The van der Waals surface area contributed by atoms with Crippen LogP contribution in [0.1, 0.15) is 42.1 Å². The van der Waals surface area contributed by atoms with E-state index in [2.05, 4.69) is 75.5 Å². The summed E-state index contributed by atoms with van der Waals surface area (Å²) in [6, 6.07) is 15.2. The van der Waals surface area contributed by atoms with Crippen LogP contribution < -0.4 is 10.1 Å². The van der Waals surface area contributed by atoms with Crippen molar-refractivity contribution in [2.24, 2.45) is 0 Å². The van der Waals surface area contributed by atoms with Gasteiger partial charge in [0.25, 0.3) is 0 Å². The zero-order chi connectivity index (χ0) is 15.2. The molecule has 21 heavy (non-hydrogen) atoms. The molecule has 2 rings (SSSR count). The van der Waals surface area contributed by atoms with Gasteiger partial charge in [0.05, 0.1) is 0 Å². The van der Waals surface area contributed by atoms with E-state index in [9.17, 15) is 0 Å². The topological polar surface area (TPSA) is 21.3 Å². The van der Waals surface area contributed by atoms with Gasteiger partial charge in [-0.3, -0.25) is 0 Å². The molecule has 0 aromatic heterocycles. The summed E-state index contributed by atoms with van der Waals surface area (Å²) in [7, 11) is 0. The van der Waals surface area contributed by atoms with Crippen LogP contribution >= 0.6 is 0 Å². The van der Waals surface area contributed by atoms with Gasteiger partial charge in [0.2, 0.25) is 0 Å². The van der Waals surface area contributed by atoms with Crippen LogP contribution in [0.25, 0.3) is 0 Å². The molecule has 0 bridgehead atoms. The van der Waals surface area contributed by atoms with Crippen molar-refractivity contribution in [1.29, 1.82) is 0 Å². The Balaban J connectivity index is 2.14. The average Bonchev–Trinajstić information content (AvgIpc) is 2.47. The number of ether oxygens (including phenoxy) is 1. The summed E-state index contributed by atoms with van der Waals surface area (Å²) in [5.74, 6) is 0.976. The zero-order valence-corrected chi connectivity index (χ0v) is 13.4. The molecule has 0 amide bonds. The summed E-state index contributed by atoms with van der Waals surface area (Å²) in [4.78, 5) is 0. The molecule has 1 unspecified atom stereocenters. The van der Waals surface area contributed by atoms with E-state index in [1.807, 2.05) is 0 Å². The predicted octanol–water partition coefficient (Wildman–Crippen LogP) is 4.55. The Bertz CT molecular complexity index is 575. The minimum atomic E-state index is 0.295. The SMILES string of the molecule is CCNC(C)c1ccc(C)cc1OCc1ccc(C)cc1. The number of aryl methyl sites for hydroxylation is 2. The maximum atomic E-state index is 6.07. The van der Waals surface area contributed by atoms with E-state index in [0.29, 0.717) is 12.6 Å². The molecule has 0 fully saturated rings. The van der Waals surface area contributed by atoms with Crippen molar-refractivity contribution in [2.45, 2.75) is 40.3 Å². The zero-order valence-electron chi connectivity index (χ0n) is 13.4. The van der Waals surface area contributed by atoms with Gasteiger partial charge in [-0.2, -0.15) is 0 Å². The van der Waals surface area contributed by atoms with Gasteiger partial charge in [-0.15, -0.1) is 0 Å². The van der Waals surface area contributed by atoms with Gasteiger partial charge >= 0.3 is 0 Å². The van der Waals surface area contributed by atoms with E-state index in [-0.39, 0.29) is 0 Å². The predicted molar refractivity (Wildman–Crippen MR) is 88.8 cm³/mol. The Labute approximate surface area is 128 Å². The van der Waals surface area contributed by atoms with E-state index in [1.54, 1.807) is 0 Å². The normalized spacial score (nSPS) is 12.2. The van der Waals surface area contributed by atoms with Crippen molar-refractivity contribution in [3.8, 4) is 5.75 Å². The molecular formula is C19H25NO. The molecule has 1 atom stereocenters. The second-order valence-corrected chi connectivity index (χ2v) is 5.59. The maximum absolute atomic E-state index is 6.07. The van der Waals surface area contributed by atoms with Crippen molar-refractivity contribution in [2.75, 3.05) is 6.54 Å². The number of hydrogen-bond acceptors (Lipinski definition) is 2. The van der Waals surface area contributed by atoms with E-state index in [1.165, 1.54) is 22.3 Å². The molecule has 0 spiro atoms. The summed E-state index contributed by atoms with van der Waals surface area (Å²) in [6.45, 7) is 10.0. The lowest BCUT2D eigenvalue weighted by atomic mass is 10.0. The Kier molecular flexibility index (Phi) is 5.40. The first-order valence-electron chi connectivity index (χ1n) is 7.62. The highest BCUT2D eigenvalue weighted by Gasteiger charge is 2.11. The molecule has 0 aliphatic carbocycles. The average molecular weight is 283 g/mol. The van der Waals surface area contributed by atoms with Crippen molar-refractivity contribution in [1.82, 2.24) is 5.32 Å². The first-order chi connectivity index (χ1) is 10.1. The second kappa shape index (κ2) is 7.28. The first kappa shape index (κ1) is 15.6. The fourth-order valence-electron chi connectivity index (χ4n) is 2.39. The van der Waals surface area contributed by atoms with Crippen LogP contribution in [0.15, 0.2) is 42.5 Å². The van der Waals surface area contributed by atoms with Crippen molar-refractivity contribution in [3.63, 3.8) is 0 Å². The van der Waals surface area contributed by atoms with Crippen LogP contribution in [0, 0.1) is 13.8 Å². The Morgan fingerprint density at radius 1 is 1.00 bits per heavy atom. The summed E-state index contributed by atoms with van der Waals surface area (Å²) in [6.07, 6.45) is 0. The Morgan fingerprint density at radius 2 is 1.67 bits per heavy atom. The highest BCUT2D eigenvalue weighted by atomic mass is 16.5. The highest BCUT2D eigenvalue weighted by molar-refractivity contribution is 5.39. The van der Waals surface area contributed by atoms with Crippen LogP contribution in [0.3, 0.4) is 0 Å². The molecule has 1 N–H and O–H groups in total. The minimum absolute atomic E-state index is 0.295. The van der Waals surface area contributed by atoms with Crippen molar-refractivity contribution in [3.05, 3.63) is 64.7 Å². The van der Waals surface area contributed by atoms with Crippen LogP contribution in [0.4, 0.5) is 0 Å². The number of rotatable bonds is 6. The summed E-state index contributed by atoms with van der Waals surface area (Å²) in [5.41, 5.74) is 4.91. The summed E-state index contributed by atoms with van der Waals surface area (Å²) < 4.78 is 6.07. The van der Waals surface area contributed by atoms with Crippen LogP contribution in [-0.2, 0) is 6.61 Å². The van der Waals surface area contributed by atoms with Gasteiger partial charge in [0, 0.05) is 11.6 Å². The standard InChI is InChI=1S/C19H25NO/c1-5-20-16(4)18-11-8-15(3)12-19(18)21-13-17-9-6-14(2)7-10-17/h6-12,16,20H,5,13H2,1-4H3. The lowest BCUT2D eigenvalue weighted by Gasteiger charge is -2.18. The lowest BCUT2D eigenvalue weighted by molar-refractivity contribution is 0.299. The molecule has 0 radical (unpaired) electrons. The van der Waals surface area contributed by atoms with Gasteiger partial charge in [-0.25, -0.2) is 0 Å². The third-order valence-electron chi connectivity index (χ3n) is 3.66. The van der Waals surface area contributed by atoms with Gasteiger partial charge in [-0.05, 0) is 44.5 Å². The van der Waals surface area contributed by atoms with Gasteiger partial charge in [0.15, 0.2) is 0 Å². The molecule has 2 aromatic carbocycles. The lowest BCUT2D eigenvalue weighted by Crippen LogP contribution is -2.18. The molecule has 0 aliphatic rings. The van der Waals surface area contributed by atoms with E-state index < -0.39 is 0 Å². The molecular weight excluding hydrogens is 258 g/mol. The quantitative estimate of drug-likeness (QED) is 0.839. The Hall–Kier alpha value is -1.80. The van der Waals surface area contributed by atoms with Gasteiger partial charge in [-0.1, -0.05) is 48.9 Å². The molecule has 0 saturated carbocycles. The fraction of sp³-hybridized carbons (Fsp3) is 0.368. The second-order valence-electron chi connectivity index (χ2n) is 5.59. The van der Waals surface area contributed by atoms with Crippen molar-refractivity contribution >= 4 is 0 Å². The molecule has 0 aliphatic heterocycles. The van der Waals surface area contributed by atoms with E-state index in [0.717, 1.165) is 12.3 Å². The Morgan fingerprint density at radius 3 is 2.33 bits per heavy atom.